The standard InChI is InChI=1S/C14H13Br2NO/c15-11-3-6-14(13(16)9-11)18-12-4-1-10(2-5-12)7-8-17/h1-6,9H,7-8,17H2. The van der Waals surface area contributed by atoms with Crippen LogP contribution in [0.15, 0.2) is 51.4 Å². The summed E-state index contributed by atoms with van der Waals surface area (Å²) < 4.78 is 7.73. The highest BCUT2D eigenvalue weighted by Crippen LogP contribution is 2.31. The van der Waals surface area contributed by atoms with E-state index in [0.717, 1.165) is 26.9 Å². The predicted octanol–water partition coefficient (Wildman–Crippen LogP) is 4.51. The summed E-state index contributed by atoms with van der Waals surface area (Å²) in [4.78, 5) is 0. The lowest BCUT2D eigenvalue weighted by atomic mass is 10.1. The molecule has 0 amide bonds. The average molecular weight is 371 g/mol. The van der Waals surface area contributed by atoms with Crippen LogP contribution in [-0.2, 0) is 6.42 Å². The molecule has 0 saturated heterocycles. The van der Waals surface area contributed by atoms with E-state index >= 15 is 0 Å². The van der Waals surface area contributed by atoms with Gasteiger partial charge in [0, 0.05) is 4.47 Å². The molecule has 0 bridgehead atoms. The van der Waals surface area contributed by atoms with Gasteiger partial charge in [-0.25, -0.2) is 0 Å². The van der Waals surface area contributed by atoms with Crippen LogP contribution in [0.5, 0.6) is 11.5 Å². The largest absolute Gasteiger partial charge is 0.456 e. The van der Waals surface area contributed by atoms with Crippen LogP contribution in [0, 0.1) is 0 Å². The number of nitrogens with two attached hydrogens (primary N) is 1. The minimum absolute atomic E-state index is 0.665. The molecular formula is C14H13Br2NO. The number of rotatable bonds is 4. The van der Waals surface area contributed by atoms with E-state index in [4.69, 9.17) is 10.5 Å². The summed E-state index contributed by atoms with van der Waals surface area (Å²) in [6.45, 7) is 0.665. The molecule has 0 heterocycles. The second-order valence-corrected chi connectivity index (χ2v) is 5.63. The Morgan fingerprint density at radius 3 is 2.33 bits per heavy atom. The van der Waals surface area contributed by atoms with E-state index in [1.54, 1.807) is 0 Å². The first-order chi connectivity index (χ1) is 8.69. The van der Waals surface area contributed by atoms with Gasteiger partial charge in [0.05, 0.1) is 4.47 Å². The van der Waals surface area contributed by atoms with Gasteiger partial charge in [-0.1, -0.05) is 28.1 Å². The molecule has 0 atom stereocenters. The Kier molecular flexibility index (Phi) is 4.80. The van der Waals surface area contributed by atoms with Crippen LogP contribution in [0.25, 0.3) is 0 Å². The molecule has 0 unspecified atom stereocenters. The van der Waals surface area contributed by atoms with Gasteiger partial charge in [0.25, 0.3) is 0 Å². The zero-order valence-electron chi connectivity index (χ0n) is 9.70. The van der Waals surface area contributed by atoms with Gasteiger partial charge in [0.15, 0.2) is 0 Å². The van der Waals surface area contributed by atoms with Crippen LogP contribution in [-0.4, -0.2) is 6.54 Å². The topological polar surface area (TPSA) is 35.2 Å². The van der Waals surface area contributed by atoms with Crippen molar-refractivity contribution < 1.29 is 4.74 Å². The van der Waals surface area contributed by atoms with Gasteiger partial charge >= 0.3 is 0 Å². The predicted molar refractivity (Wildman–Crippen MR) is 81.1 cm³/mol. The molecule has 2 aromatic rings. The molecule has 2 nitrogen and oxygen atoms in total. The normalized spacial score (nSPS) is 10.4. The minimum atomic E-state index is 0.665. The SMILES string of the molecule is NCCc1ccc(Oc2ccc(Br)cc2Br)cc1. The smallest absolute Gasteiger partial charge is 0.141 e. The third kappa shape index (κ3) is 3.57. The maximum absolute atomic E-state index is 5.80. The highest BCUT2D eigenvalue weighted by atomic mass is 79.9. The molecule has 4 heteroatoms. The van der Waals surface area contributed by atoms with Crippen LogP contribution in [0.2, 0.25) is 0 Å². The van der Waals surface area contributed by atoms with E-state index in [0.29, 0.717) is 6.54 Å². The molecule has 2 rings (SSSR count). The summed E-state index contributed by atoms with van der Waals surface area (Å²) in [7, 11) is 0. The van der Waals surface area contributed by atoms with Crippen molar-refractivity contribution in [3.8, 4) is 11.5 Å². The molecule has 0 saturated carbocycles. The zero-order chi connectivity index (χ0) is 13.0. The van der Waals surface area contributed by atoms with Crippen molar-refractivity contribution in [1.82, 2.24) is 0 Å². The molecular weight excluding hydrogens is 358 g/mol. The number of hydrogen-bond donors (Lipinski definition) is 1. The lowest BCUT2D eigenvalue weighted by Gasteiger charge is -2.08. The Morgan fingerprint density at radius 1 is 1.00 bits per heavy atom. The Morgan fingerprint density at radius 2 is 1.72 bits per heavy atom. The van der Waals surface area contributed by atoms with Gasteiger partial charge in [-0.2, -0.15) is 0 Å². The van der Waals surface area contributed by atoms with Gasteiger partial charge in [-0.05, 0) is 64.8 Å². The fourth-order valence-electron chi connectivity index (χ4n) is 1.58. The van der Waals surface area contributed by atoms with Gasteiger partial charge < -0.3 is 10.5 Å². The Labute approximate surface area is 123 Å². The van der Waals surface area contributed by atoms with Gasteiger partial charge in [0.2, 0.25) is 0 Å². The Bertz CT molecular complexity index is 526. The van der Waals surface area contributed by atoms with Crippen molar-refractivity contribution in [2.24, 2.45) is 5.73 Å². The third-order valence-electron chi connectivity index (χ3n) is 2.48. The van der Waals surface area contributed by atoms with Crippen LogP contribution < -0.4 is 10.5 Å². The molecule has 0 spiro atoms. The number of halogens is 2. The third-order valence-corrected chi connectivity index (χ3v) is 3.59. The molecule has 18 heavy (non-hydrogen) atoms. The molecule has 0 fully saturated rings. The van der Waals surface area contributed by atoms with Crippen LogP contribution in [0.4, 0.5) is 0 Å². The molecule has 0 aliphatic carbocycles. The highest BCUT2D eigenvalue weighted by Gasteiger charge is 2.03. The maximum Gasteiger partial charge on any atom is 0.141 e. The summed E-state index contributed by atoms with van der Waals surface area (Å²) in [5.74, 6) is 1.61. The molecule has 0 aromatic heterocycles. The number of hydrogen-bond acceptors (Lipinski definition) is 2. The Hall–Kier alpha value is -0.840. The first-order valence-corrected chi connectivity index (χ1v) is 7.19. The number of benzene rings is 2. The van der Waals surface area contributed by atoms with Crippen LogP contribution in [0.1, 0.15) is 5.56 Å². The minimum Gasteiger partial charge on any atom is -0.456 e. The van der Waals surface area contributed by atoms with Crippen molar-refractivity contribution in [2.75, 3.05) is 6.54 Å². The molecule has 2 N–H and O–H groups in total. The number of ether oxygens (including phenoxy) is 1. The molecule has 94 valence electrons. The van der Waals surface area contributed by atoms with Crippen molar-refractivity contribution in [2.45, 2.75) is 6.42 Å². The van der Waals surface area contributed by atoms with E-state index in [9.17, 15) is 0 Å². The van der Waals surface area contributed by atoms with E-state index in [-0.39, 0.29) is 0 Å². The van der Waals surface area contributed by atoms with Gasteiger partial charge in [0.1, 0.15) is 11.5 Å². The van der Waals surface area contributed by atoms with E-state index in [2.05, 4.69) is 31.9 Å². The van der Waals surface area contributed by atoms with E-state index in [1.807, 2.05) is 42.5 Å². The monoisotopic (exact) mass is 369 g/mol. The van der Waals surface area contributed by atoms with Crippen LogP contribution in [0.3, 0.4) is 0 Å². The highest BCUT2D eigenvalue weighted by molar-refractivity contribution is 9.11. The average Bonchev–Trinajstić information content (AvgIpc) is 2.35. The van der Waals surface area contributed by atoms with Crippen molar-refractivity contribution in [3.05, 3.63) is 57.0 Å². The second kappa shape index (κ2) is 6.36. The maximum atomic E-state index is 5.80. The summed E-state index contributed by atoms with van der Waals surface area (Å²) in [5, 5.41) is 0. The lowest BCUT2D eigenvalue weighted by Crippen LogP contribution is -2.02. The van der Waals surface area contributed by atoms with Gasteiger partial charge in [-0.15, -0.1) is 0 Å². The van der Waals surface area contributed by atoms with Crippen molar-refractivity contribution >= 4 is 31.9 Å². The first kappa shape index (κ1) is 13.6. The summed E-state index contributed by atoms with van der Waals surface area (Å²) in [6.07, 6.45) is 0.891. The second-order valence-electron chi connectivity index (χ2n) is 3.86. The quantitative estimate of drug-likeness (QED) is 0.859. The lowest BCUT2D eigenvalue weighted by molar-refractivity contribution is 0.479. The summed E-state index contributed by atoms with van der Waals surface area (Å²) in [6, 6.07) is 13.8. The molecule has 2 aromatic carbocycles. The summed E-state index contributed by atoms with van der Waals surface area (Å²) >= 11 is 6.88. The molecule has 0 aliphatic rings. The molecule has 0 radical (unpaired) electrons. The zero-order valence-corrected chi connectivity index (χ0v) is 12.9. The fraction of sp³-hybridized carbons (Fsp3) is 0.143. The fourth-order valence-corrected chi connectivity index (χ4v) is 2.70. The van der Waals surface area contributed by atoms with Crippen molar-refractivity contribution in [3.63, 3.8) is 0 Å². The molecule has 0 aliphatic heterocycles. The van der Waals surface area contributed by atoms with Crippen molar-refractivity contribution in [1.29, 1.82) is 0 Å². The summed E-state index contributed by atoms with van der Waals surface area (Å²) in [5.41, 5.74) is 6.74. The van der Waals surface area contributed by atoms with E-state index in [1.165, 1.54) is 5.56 Å². The van der Waals surface area contributed by atoms with E-state index < -0.39 is 0 Å². The first-order valence-electron chi connectivity index (χ1n) is 5.61. The van der Waals surface area contributed by atoms with Crippen LogP contribution >= 0.6 is 31.9 Å². The Balaban J connectivity index is 2.13. The van der Waals surface area contributed by atoms with Gasteiger partial charge in [-0.3, -0.25) is 0 Å².